The standard InChI is InChI=1S/C57H52N6O/c1-36-29-39(57(6,7)8)30-37(2)54(36)60-35-61(55-48(60)23-16-27-59-55)50-33-42(34-51-53(50)45-20-13-15-22-47(45)62(51)40-17-10-9-11-18-40)64-41-24-25-44-43-19-12-14-21-46(43)63(49(44)32-41)52-31-38(26-28-58-52)56(3,4)5/h9-34H,35H2,1-8H3. The van der Waals surface area contributed by atoms with Gasteiger partial charge in [0.1, 0.15) is 24.0 Å². The Morgan fingerprint density at radius 2 is 1.14 bits per heavy atom. The van der Waals surface area contributed by atoms with Gasteiger partial charge >= 0.3 is 0 Å². The highest BCUT2D eigenvalue weighted by Crippen LogP contribution is 2.50. The topological polar surface area (TPSA) is 51.4 Å². The lowest BCUT2D eigenvalue weighted by molar-refractivity contribution is 0.484. The molecule has 0 saturated heterocycles. The van der Waals surface area contributed by atoms with E-state index in [0.717, 1.165) is 78.4 Å². The molecule has 1 aliphatic rings. The highest BCUT2D eigenvalue weighted by molar-refractivity contribution is 6.17. The SMILES string of the molecule is Cc1cc(C(C)(C)C)cc(C)c1N1CN(c2cc(Oc3ccc4c5ccccc5n(-c5cc(C(C)(C)C)ccn5)c4c3)cc3c2c2ccccc2n3-c2ccccc2)c2ncccc21. The van der Waals surface area contributed by atoms with Crippen molar-refractivity contribution in [1.29, 1.82) is 0 Å². The number of fused-ring (bicyclic) bond motifs is 7. The van der Waals surface area contributed by atoms with Crippen molar-refractivity contribution in [3.63, 3.8) is 0 Å². The third kappa shape index (κ3) is 6.40. The molecule has 1 aliphatic heterocycles. The molecule has 0 aliphatic carbocycles. The van der Waals surface area contributed by atoms with Crippen molar-refractivity contribution in [2.24, 2.45) is 0 Å². The second-order valence-corrected chi connectivity index (χ2v) is 19.4. The molecular weight excluding hydrogens is 785 g/mol. The normalized spacial score (nSPS) is 13.2. The molecule has 0 atom stereocenters. The van der Waals surface area contributed by atoms with Crippen LogP contribution in [0.4, 0.5) is 22.9 Å². The van der Waals surface area contributed by atoms with Crippen LogP contribution in [0.1, 0.15) is 63.8 Å². The van der Waals surface area contributed by atoms with Gasteiger partial charge in [-0.1, -0.05) is 108 Å². The van der Waals surface area contributed by atoms with Gasteiger partial charge in [-0.05, 0) is 108 Å². The number of hydrogen-bond acceptors (Lipinski definition) is 5. The van der Waals surface area contributed by atoms with Crippen molar-refractivity contribution in [2.75, 3.05) is 16.5 Å². The monoisotopic (exact) mass is 836 g/mol. The third-order valence-electron chi connectivity index (χ3n) is 13.0. The third-order valence-corrected chi connectivity index (χ3v) is 13.0. The number of aryl methyl sites for hydroxylation is 2. The van der Waals surface area contributed by atoms with Gasteiger partial charge in [-0.3, -0.25) is 4.57 Å². The van der Waals surface area contributed by atoms with Gasteiger partial charge in [-0.2, -0.15) is 0 Å². The van der Waals surface area contributed by atoms with Gasteiger partial charge in [0.05, 0.1) is 33.4 Å². The number of hydrogen-bond donors (Lipinski definition) is 0. The summed E-state index contributed by atoms with van der Waals surface area (Å²) < 4.78 is 11.8. The van der Waals surface area contributed by atoms with E-state index in [4.69, 9.17) is 14.7 Å². The molecule has 0 saturated carbocycles. The average molecular weight is 837 g/mol. The van der Waals surface area contributed by atoms with E-state index >= 15 is 0 Å². The van der Waals surface area contributed by atoms with Gasteiger partial charge in [0.2, 0.25) is 0 Å². The Morgan fingerprint density at radius 1 is 0.484 bits per heavy atom. The Balaban J connectivity index is 1.11. The van der Waals surface area contributed by atoms with Crippen molar-refractivity contribution in [3.05, 3.63) is 180 Å². The molecule has 4 aromatic heterocycles. The van der Waals surface area contributed by atoms with E-state index in [1.165, 1.54) is 33.3 Å². The van der Waals surface area contributed by atoms with Crippen molar-refractivity contribution in [3.8, 4) is 23.0 Å². The van der Waals surface area contributed by atoms with Crippen LogP contribution in [0.2, 0.25) is 0 Å². The van der Waals surface area contributed by atoms with E-state index in [1.54, 1.807) is 0 Å². The summed E-state index contributed by atoms with van der Waals surface area (Å²) in [7, 11) is 0. The summed E-state index contributed by atoms with van der Waals surface area (Å²) in [6.07, 6.45) is 3.83. The number of ether oxygens (including phenoxy) is 1. The van der Waals surface area contributed by atoms with Crippen LogP contribution in [-0.4, -0.2) is 25.8 Å². The summed E-state index contributed by atoms with van der Waals surface area (Å²) in [5, 5.41) is 4.62. The summed E-state index contributed by atoms with van der Waals surface area (Å²) >= 11 is 0. The fraction of sp³-hybridized carbons (Fsp3) is 0.193. The molecule has 0 radical (unpaired) electrons. The summed E-state index contributed by atoms with van der Waals surface area (Å²) in [4.78, 5) is 14.9. The molecule has 7 heteroatoms. The van der Waals surface area contributed by atoms with Crippen LogP contribution in [0.5, 0.6) is 11.5 Å². The first kappa shape index (κ1) is 39.5. The van der Waals surface area contributed by atoms with Crippen molar-refractivity contribution in [1.82, 2.24) is 19.1 Å². The predicted octanol–water partition coefficient (Wildman–Crippen LogP) is 14.9. The van der Waals surface area contributed by atoms with Crippen LogP contribution in [-0.2, 0) is 10.8 Å². The van der Waals surface area contributed by atoms with Crippen molar-refractivity contribution < 1.29 is 4.74 Å². The summed E-state index contributed by atoms with van der Waals surface area (Å²) in [5.41, 5.74) is 13.8. The second kappa shape index (κ2) is 14.6. The molecule has 0 spiro atoms. The smallest absolute Gasteiger partial charge is 0.158 e. The average Bonchev–Trinajstić information content (AvgIpc) is 3.93. The maximum atomic E-state index is 7.12. The molecule has 6 aromatic carbocycles. The van der Waals surface area contributed by atoms with Gasteiger partial charge in [0.25, 0.3) is 0 Å². The minimum Gasteiger partial charge on any atom is -0.457 e. The number of benzene rings is 6. The zero-order valence-corrected chi connectivity index (χ0v) is 37.8. The molecule has 0 bridgehead atoms. The van der Waals surface area contributed by atoms with E-state index in [1.807, 2.05) is 18.5 Å². The first-order valence-electron chi connectivity index (χ1n) is 22.3. The number of anilines is 4. The molecular formula is C57H52N6O. The first-order chi connectivity index (χ1) is 30.8. The molecule has 0 N–H and O–H groups in total. The Morgan fingerprint density at radius 3 is 1.88 bits per heavy atom. The fourth-order valence-electron chi connectivity index (χ4n) is 9.87. The Labute approximate surface area is 374 Å². The zero-order chi connectivity index (χ0) is 44.1. The van der Waals surface area contributed by atoms with Crippen molar-refractivity contribution >= 4 is 66.5 Å². The van der Waals surface area contributed by atoms with E-state index in [9.17, 15) is 0 Å². The molecule has 316 valence electrons. The molecule has 11 rings (SSSR count). The van der Waals surface area contributed by atoms with E-state index in [-0.39, 0.29) is 10.8 Å². The number of pyridine rings is 2. The van der Waals surface area contributed by atoms with Gasteiger partial charge in [-0.15, -0.1) is 0 Å². The lowest BCUT2D eigenvalue weighted by atomic mass is 9.84. The molecule has 10 aromatic rings. The van der Waals surface area contributed by atoms with Crippen molar-refractivity contribution in [2.45, 2.75) is 66.2 Å². The minimum absolute atomic E-state index is 0.0275. The largest absolute Gasteiger partial charge is 0.457 e. The van der Waals surface area contributed by atoms with E-state index in [2.05, 4.69) is 214 Å². The molecule has 0 unspecified atom stereocenters. The highest BCUT2D eigenvalue weighted by Gasteiger charge is 2.34. The fourth-order valence-corrected chi connectivity index (χ4v) is 9.87. The molecule has 0 fully saturated rings. The molecule has 64 heavy (non-hydrogen) atoms. The van der Waals surface area contributed by atoms with Gasteiger partial charge in [-0.25, -0.2) is 9.97 Å². The Hall–Kier alpha value is -7.38. The van der Waals surface area contributed by atoms with Crippen LogP contribution >= 0.6 is 0 Å². The van der Waals surface area contributed by atoms with Gasteiger partial charge in [0, 0.05) is 63.5 Å². The summed E-state index contributed by atoms with van der Waals surface area (Å²) in [6, 6.07) is 52.1. The maximum absolute atomic E-state index is 7.12. The first-order valence-corrected chi connectivity index (χ1v) is 22.3. The van der Waals surface area contributed by atoms with Crippen LogP contribution in [0.3, 0.4) is 0 Å². The quantitative estimate of drug-likeness (QED) is 0.167. The van der Waals surface area contributed by atoms with Crippen LogP contribution < -0.4 is 14.5 Å². The van der Waals surface area contributed by atoms with Gasteiger partial charge < -0.3 is 19.1 Å². The molecule has 5 heterocycles. The van der Waals surface area contributed by atoms with Gasteiger partial charge in [0.15, 0.2) is 5.82 Å². The maximum Gasteiger partial charge on any atom is 0.158 e. The lowest BCUT2D eigenvalue weighted by Gasteiger charge is -2.28. The van der Waals surface area contributed by atoms with Crippen LogP contribution in [0.15, 0.2) is 158 Å². The Bertz CT molecular complexity index is 3430. The number of para-hydroxylation sites is 3. The Kier molecular flexibility index (Phi) is 9.00. The predicted molar refractivity (Wildman–Crippen MR) is 266 cm³/mol. The number of aromatic nitrogens is 4. The summed E-state index contributed by atoms with van der Waals surface area (Å²) in [6.45, 7) is 18.6. The number of nitrogens with zero attached hydrogens (tertiary/aromatic N) is 6. The summed E-state index contributed by atoms with van der Waals surface area (Å²) in [5.74, 6) is 3.26. The van der Waals surface area contributed by atoms with E-state index < -0.39 is 0 Å². The highest BCUT2D eigenvalue weighted by atomic mass is 16.5. The molecule has 0 amide bonds. The molecule has 7 nitrogen and oxygen atoms in total. The minimum atomic E-state index is -0.0275. The lowest BCUT2D eigenvalue weighted by Crippen LogP contribution is -2.26. The van der Waals surface area contributed by atoms with Crippen LogP contribution in [0, 0.1) is 13.8 Å². The van der Waals surface area contributed by atoms with E-state index in [0.29, 0.717) is 6.67 Å². The zero-order valence-electron chi connectivity index (χ0n) is 37.8. The second-order valence-electron chi connectivity index (χ2n) is 19.4. The van der Waals surface area contributed by atoms with Crippen LogP contribution in [0.25, 0.3) is 55.1 Å². The number of rotatable bonds is 6.